The molecule has 0 bridgehead atoms. The van der Waals surface area contributed by atoms with Crippen LogP contribution in [-0.4, -0.2) is 33.7 Å². The average Bonchev–Trinajstić information content (AvgIpc) is 2.61. The lowest BCUT2D eigenvalue weighted by Crippen LogP contribution is -2.34. The quantitative estimate of drug-likeness (QED) is 0.844. The van der Waals surface area contributed by atoms with Crippen molar-refractivity contribution in [2.75, 3.05) is 29.0 Å². The van der Waals surface area contributed by atoms with Crippen molar-refractivity contribution < 1.29 is 17.9 Å². The lowest BCUT2D eigenvalue weighted by Gasteiger charge is -2.29. The largest absolute Gasteiger partial charge is 0.493 e. The second-order valence-electron chi connectivity index (χ2n) is 6.24. The number of hydrogen-bond donors (Lipinski definition) is 1. The predicted molar refractivity (Wildman–Crippen MR) is 102 cm³/mol. The van der Waals surface area contributed by atoms with Crippen molar-refractivity contribution in [1.82, 2.24) is 0 Å². The van der Waals surface area contributed by atoms with Crippen LogP contribution < -0.4 is 14.4 Å². The number of carbonyl (C=O) groups is 1. The van der Waals surface area contributed by atoms with Crippen LogP contribution >= 0.6 is 0 Å². The molecule has 0 saturated carbocycles. The Morgan fingerprint density at radius 1 is 1.19 bits per heavy atom. The van der Waals surface area contributed by atoms with Gasteiger partial charge < -0.3 is 10.1 Å². The highest BCUT2D eigenvalue weighted by atomic mass is 32.2. The summed E-state index contributed by atoms with van der Waals surface area (Å²) in [7, 11) is -3.28. The van der Waals surface area contributed by atoms with Crippen molar-refractivity contribution in [3.8, 4) is 5.75 Å². The fourth-order valence-corrected chi connectivity index (χ4v) is 3.98. The number of nitrogens with zero attached hydrogens (tertiary/aromatic N) is 1. The maximum atomic E-state index is 12.1. The molecule has 0 aromatic heterocycles. The average molecular weight is 374 g/mol. The van der Waals surface area contributed by atoms with Crippen LogP contribution in [0.2, 0.25) is 0 Å². The van der Waals surface area contributed by atoms with Crippen LogP contribution in [-0.2, 0) is 21.2 Å². The highest BCUT2D eigenvalue weighted by molar-refractivity contribution is 7.92. The zero-order valence-electron chi connectivity index (χ0n) is 14.6. The van der Waals surface area contributed by atoms with E-state index in [2.05, 4.69) is 5.32 Å². The molecule has 0 aliphatic carbocycles. The molecule has 2 aromatic rings. The number of nitrogens with one attached hydrogen (secondary N) is 1. The highest BCUT2D eigenvalue weighted by Gasteiger charge is 2.24. The van der Waals surface area contributed by atoms with E-state index >= 15 is 0 Å². The van der Waals surface area contributed by atoms with Crippen molar-refractivity contribution in [1.29, 1.82) is 0 Å². The van der Waals surface area contributed by atoms with Crippen molar-refractivity contribution in [3.63, 3.8) is 0 Å². The van der Waals surface area contributed by atoms with E-state index in [0.29, 0.717) is 24.5 Å². The molecule has 0 radical (unpaired) electrons. The van der Waals surface area contributed by atoms with Crippen LogP contribution in [0.5, 0.6) is 5.75 Å². The maximum Gasteiger partial charge on any atom is 0.232 e. The van der Waals surface area contributed by atoms with E-state index in [0.717, 1.165) is 24.2 Å². The van der Waals surface area contributed by atoms with Gasteiger partial charge in [-0.25, -0.2) is 8.42 Å². The summed E-state index contributed by atoms with van der Waals surface area (Å²) in [4.78, 5) is 12.1. The van der Waals surface area contributed by atoms with Crippen LogP contribution in [0.15, 0.2) is 48.5 Å². The molecule has 0 saturated heterocycles. The fraction of sp³-hybridized carbons (Fsp3) is 0.316. The number of amides is 1. The first-order valence-electron chi connectivity index (χ1n) is 8.52. The van der Waals surface area contributed by atoms with Gasteiger partial charge >= 0.3 is 0 Å². The number of fused-ring (bicyclic) bond motifs is 1. The molecule has 7 heteroatoms. The van der Waals surface area contributed by atoms with Gasteiger partial charge in [-0.15, -0.1) is 0 Å². The van der Waals surface area contributed by atoms with Crippen LogP contribution in [0.1, 0.15) is 18.4 Å². The number of anilines is 2. The minimum Gasteiger partial charge on any atom is -0.493 e. The standard InChI is InChI=1S/C19H22N2O4S/c1-26(23,24)21-12-5-6-15-14-16(9-10-18(15)21)20-19(22)11-13-25-17-7-3-2-4-8-17/h2-4,7-10,14H,5-6,11-13H2,1H3,(H,20,22). The molecular weight excluding hydrogens is 352 g/mol. The van der Waals surface area contributed by atoms with Crippen molar-refractivity contribution in [2.24, 2.45) is 0 Å². The van der Waals surface area contributed by atoms with Crippen molar-refractivity contribution in [3.05, 3.63) is 54.1 Å². The Kier molecular flexibility index (Phi) is 5.46. The van der Waals surface area contributed by atoms with Crippen LogP contribution in [0.25, 0.3) is 0 Å². The number of sulfonamides is 1. The molecule has 1 amide bonds. The third-order valence-electron chi connectivity index (χ3n) is 4.18. The molecule has 0 spiro atoms. The number of aryl methyl sites for hydroxylation is 1. The Morgan fingerprint density at radius 2 is 1.96 bits per heavy atom. The van der Waals surface area contributed by atoms with E-state index < -0.39 is 10.0 Å². The van der Waals surface area contributed by atoms with E-state index in [-0.39, 0.29) is 12.3 Å². The van der Waals surface area contributed by atoms with Gasteiger partial charge in [-0.1, -0.05) is 18.2 Å². The van der Waals surface area contributed by atoms with Crippen LogP contribution in [0, 0.1) is 0 Å². The fourth-order valence-electron chi connectivity index (χ4n) is 2.99. The number of para-hydroxylation sites is 1. The van der Waals surface area contributed by atoms with E-state index in [1.807, 2.05) is 36.4 Å². The normalized spacial score (nSPS) is 13.8. The number of carbonyl (C=O) groups excluding carboxylic acids is 1. The Morgan fingerprint density at radius 3 is 2.69 bits per heavy atom. The smallest absolute Gasteiger partial charge is 0.232 e. The molecule has 2 aromatic carbocycles. The van der Waals surface area contributed by atoms with Crippen LogP contribution in [0.4, 0.5) is 11.4 Å². The van der Waals surface area contributed by atoms with Gasteiger partial charge in [-0.05, 0) is 48.7 Å². The number of ether oxygens (including phenoxy) is 1. The molecule has 1 aliphatic heterocycles. The van der Waals surface area contributed by atoms with Gasteiger partial charge in [0.1, 0.15) is 5.75 Å². The summed E-state index contributed by atoms with van der Waals surface area (Å²) < 4.78 is 30.7. The monoisotopic (exact) mass is 374 g/mol. The first-order valence-corrected chi connectivity index (χ1v) is 10.4. The Bertz CT molecular complexity index is 882. The van der Waals surface area contributed by atoms with E-state index in [9.17, 15) is 13.2 Å². The molecular formula is C19H22N2O4S. The molecule has 26 heavy (non-hydrogen) atoms. The summed E-state index contributed by atoms with van der Waals surface area (Å²) in [6.07, 6.45) is 3.01. The van der Waals surface area contributed by atoms with Gasteiger partial charge in [-0.3, -0.25) is 9.10 Å². The van der Waals surface area contributed by atoms with Gasteiger partial charge in [0, 0.05) is 12.2 Å². The minimum absolute atomic E-state index is 0.142. The third kappa shape index (κ3) is 4.54. The Hall–Kier alpha value is -2.54. The molecule has 1 heterocycles. The Labute approximate surface area is 153 Å². The molecule has 6 nitrogen and oxygen atoms in total. The first kappa shape index (κ1) is 18.3. The van der Waals surface area contributed by atoms with Gasteiger partial charge in [0.15, 0.2) is 0 Å². The summed E-state index contributed by atoms with van der Waals surface area (Å²) >= 11 is 0. The van der Waals surface area contributed by atoms with Gasteiger partial charge in [0.05, 0.1) is 25.0 Å². The summed E-state index contributed by atoms with van der Waals surface area (Å²) in [5.41, 5.74) is 2.30. The number of rotatable bonds is 6. The van der Waals surface area contributed by atoms with Crippen molar-refractivity contribution >= 4 is 27.3 Å². The second kappa shape index (κ2) is 7.78. The summed E-state index contributed by atoms with van der Waals surface area (Å²) in [5, 5.41) is 2.84. The molecule has 0 atom stereocenters. The predicted octanol–water partition coefficient (Wildman–Crippen LogP) is 2.81. The molecule has 0 unspecified atom stereocenters. The Balaban J connectivity index is 1.59. The maximum absolute atomic E-state index is 12.1. The number of hydrogen-bond acceptors (Lipinski definition) is 4. The molecule has 0 fully saturated rings. The zero-order chi connectivity index (χ0) is 18.6. The zero-order valence-corrected chi connectivity index (χ0v) is 15.5. The third-order valence-corrected chi connectivity index (χ3v) is 5.36. The van der Waals surface area contributed by atoms with E-state index in [4.69, 9.17) is 4.74 Å². The van der Waals surface area contributed by atoms with E-state index in [1.165, 1.54) is 10.6 Å². The molecule has 1 aliphatic rings. The summed E-state index contributed by atoms with van der Waals surface area (Å²) in [6.45, 7) is 0.789. The SMILES string of the molecule is CS(=O)(=O)N1CCCc2cc(NC(=O)CCOc3ccccc3)ccc21. The molecule has 3 rings (SSSR count). The lowest BCUT2D eigenvalue weighted by atomic mass is 10.0. The summed E-state index contributed by atoms with van der Waals surface area (Å²) in [5.74, 6) is 0.589. The summed E-state index contributed by atoms with van der Waals surface area (Å²) in [6, 6.07) is 14.7. The number of benzene rings is 2. The molecule has 1 N–H and O–H groups in total. The van der Waals surface area contributed by atoms with Gasteiger partial charge in [-0.2, -0.15) is 0 Å². The molecule has 138 valence electrons. The first-order chi connectivity index (χ1) is 12.4. The topological polar surface area (TPSA) is 75.7 Å². The van der Waals surface area contributed by atoms with Crippen LogP contribution in [0.3, 0.4) is 0 Å². The van der Waals surface area contributed by atoms with Crippen molar-refractivity contribution in [2.45, 2.75) is 19.3 Å². The minimum atomic E-state index is -3.28. The van der Waals surface area contributed by atoms with Gasteiger partial charge in [0.2, 0.25) is 15.9 Å². The lowest BCUT2D eigenvalue weighted by molar-refractivity contribution is -0.116. The van der Waals surface area contributed by atoms with E-state index in [1.54, 1.807) is 12.1 Å². The second-order valence-corrected chi connectivity index (χ2v) is 8.15. The van der Waals surface area contributed by atoms with Gasteiger partial charge in [0.25, 0.3) is 0 Å². The highest BCUT2D eigenvalue weighted by Crippen LogP contribution is 2.31.